The van der Waals surface area contributed by atoms with Gasteiger partial charge in [0.05, 0.1) is 31.5 Å². The van der Waals surface area contributed by atoms with E-state index in [1.54, 1.807) is 6.92 Å². The Morgan fingerprint density at radius 1 is 1.21 bits per heavy atom. The van der Waals surface area contributed by atoms with Crippen LogP contribution in [0.3, 0.4) is 0 Å². The number of allylic oxidation sites excluding steroid dienone is 2. The highest BCUT2D eigenvalue weighted by Gasteiger charge is 2.40. The van der Waals surface area contributed by atoms with Crippen LogP contribution in [0.4, 0.5) is 0 Å². The summed E-state index contributed by atoms with van der Waals surface area (Å²) in [5.41, 5.74) is 0.0149. The summed E-state index contributed by atoms with van der Waals surface area (Å²) in [5.74, 6) is 0. The average Bonchev–Trinajstić information content (AvgIpc) is 2.54. The largest absolute Gasteiger partial charge is 0.389 e. The number of aliphatic hydroxyl groups is 2. The molecule has 24 heavy (non-hydrogen) atoms. The van der Waals surface area contributed by atoms with E-state index >= 15 is 0 Å². The molecule has 2 aliphatic rings. The van der Waals surface area contributed by atoms with Crippen molar-refractivity contribution in [3.8, 4) is 0 Å². The van der Waals surface area contributed by atoms with Crippen LogP contribution in [-0.4, -0.2) is 83.4 Å². The van der Waals surface area contributed by atoms with E-state index in [9.17, 15) is 10.2 Å². The summed E-state index contributed by atoms with van der Waals surface area (Å²) >= 11 is 0. The first-order chi connectivity index (χ1) is 11.3. The maximum atomic E-state index is 11.1. The highest BCUT2D eigenvalue weighted by molar-refractivity contribution is 5.00. The van der Waals surface area contributed by atoms with Gasteiger partial charge in [0, 0.05) is 31.9 Å². The molecule has 2 fully saturated rings. The molecule has 2 heterocycles. The van der Waals surface area contributed by atoms with E-state index in [0.717, 1.165) is 26.1 Å². The number of hydrogen-bond acceptors (Lipinski definition) is 6. The Morgan fingerprint density at radius 3 is 2.42 bits per heavy atom. The zero-order chi connectivity index (χ0) is 17.7. The summed E-state index contributed by atoms with van der Waals surface area (Å²) in [5, 5.41) is 21.2. The third-order valence-corrected chi connectivity index (χ3v) is 5.15. The molecule has 2 rings (SSSR count). The molecule has 0 spiro atoms. The minimum atomic E-state index is -1.20. The molecule has 0 aromatic heterocycles. The number of morpholine rings is 2. The van der Waals surface area contributed by atoms with Gasteiger partial charge in [-0.3, -0.25) is 4.90 Å². The lowest BCUT2D eigenvalue weighted by Gasteiger charge is -2.45. The van der Waals surface area contributed by atoms with Crippen molar-refractivity contribution in [3.05, 3.63) is 11.8 Å². The fourth-order valence-corrected chi connectivity index (χ4v) is 3.56. The minimum Gasteiger partial charge on any atom is -0.389 e. The van der Waals surface area contributed by atoms with Crippen LogP contribution in [0.5, 0.6) is 0 Å². The zero-order valence-electron chi connectivity index (χ0n) is 15.6. The van der Waals surface area contributed by atoms with Gasteiger partial charge in [-0.2, -0.15) is 0 Å². The topological polar surface area (TPSA) is 65.4 Å². The Kier molecular flexibility index (Phi) is 7.07. The Labute approximate surface area is 146 Å². The average molecular weight is 342 g/mol. The Hall–Kier alpha value is -0.660. The Balaban J connectivity index is 1.94. The Bertz CT molecular complexity index is 429. The summed E-state index contributed by atoms with van der Waals surface area (Å²) in [7, 11) is 0. The summed E-state index contributed by atoms with van der Waals surface area (Å²) in [6, 6.07) is 0. The quantitative estimate of drug-likeness (QED) is 0.756. The summed E-state index contributed by atoms with van der Waals surface area (Å²) in [4.78, 5) is 4.29. The fraction of sp³-hybridized carbons (Fsp3) is 0.889. The van der Waals surface area contributed by atoms with E-state index in [-0.39, 0.29) is 12.2 Å². The minimum absolute atomic E-state index is 0.0798. The first-order valence-electron chi connectivity index (χ1n) is 9.13. The summed E-state index contributed by atoms with van der Waals surface area (Å²) in [6.07, 6.45) is 2.93. The van der Waals surface area contributed by atoms with Gasteiger partial charge in [-0.15, -0.1) is 0 Å². The van der Waals surface area contributed by atoms with Gasteiger partial charge in [-0.25, -0.2) is 0 Å². The summed E-state index contributed by atoms with van der Waals surface area (Å²) in [6.45, 7) is 12.3. The van der Waals surface area contributed by atoms with E-state index in [2.05, 4.69) is 24.8 Å². The van der Waals surface area contributed by atoms with Crippen molar-refractivity contribution in [3.63, 3.8) is 0 Å². The second-order valence-electron chi connectivity index (χ2n) is 7.19. The van der Waals surface area contributed by atoms with E-state index in [1.807, 2.05) is 11.8 Å². The van der Waals surface area contributed by atoms with Crippen molar-refractivity contribution in [1.82, 2.24) is 9.80 Å². The lowest BCUT2D eigenvalue weighted by Crippen LogP contribution is -2.60. The Morgan fingerprint density at radius 2 is 1.83 bits per heavy atom. The van der Waals surface area contributed by atoms with E-state index in [0.29, 0.717) is 26.1 Å². The van der Waals surface area contributed by atoms with Crippen molar-refractivity contribution in [2.75, 3.05) is 39.4 Å². The molecule has 0 amide bonds. The van der Waals surface area contributed by atoms with Crippen LogP contribution in [0.25, 0.3) is 0 Å². The van der Waals surface area contributed by atoms with Crippen molar-refractivity contribution in [2.45, 2.75) is 64.6 Å². The van der Waals surface area contributed by atoms with Gasteiger partial charge in [0.1, 0.15) is 5.72 Å². The standard InChI is InChI=1S/C18H34N2O4/c1-14(19-8-10-23-15(2)12-19)6-5-7-18(22,17(4)21)20-9-11-24-16(3)13-20/h6,15-17,21-22H,5,7-13H2,1-4H3/b14-6-. The highest BCUT2D eigenvalue weighted by atomic mass is 16.5. The normalized spacial score (nSPS) is 30.9. The lowest BCUT2D eigenvalue weighted by atomic mass is 9.97. The van der Waals surface area contributed by atoms with Crippen LogP contribution in [-0.2, 0) is 9.47 Å². The third kappa shape index (κ3) is 4.92. The zero-order valence-corrected chi connectivity index (χ0v) is 15.6. The van der Waals surface area contributed by atoms with E-state index in [4.69, 9.17) is 9.47 Å². The van der Waals surface area contributed by atoms with Crippen LogP contribution >= 0.6 is 0 Å². The van der Waals surface area contributed by atoms with Gasteiger partial charge >= 0.3 is 0 Å². The molecule has 0 aliphatic carbocycles. The van der Waals surface area contributed by atoms with Crippen molar-refractivity contribution in [2.24, 2.45) is 0 Å². The molecule has 6 heteroatoms. The molecule has 2 saturated heterocycles. The number of nitrogens with zero attached hydrogens (tertiary/aromatic N) is 2. The van der Waals surface area contributed by atoms with Gasteiger partial charge in [-0.05, 0) is 40.5 Å². The smallest absolute Gasteiger partial charge is 0.144 e. The predicted molar refractivity (Wildman–Crippen MR) is 93.6 cm³/mol. The highest BCUT2D eigenvalue weighted by Crippen LogP contribution is 2.26. The third-order valence-electron chi connectivity index (χ3n) is 5.15. The molecular formula is C18H34N2O4. The van der Waals surface area contributed by atoms with E-state index in [1.165, 1.54) is 5.70 Å². The van der Waals surface area contributed by atoms with Crippen molar-refractivity contribution >= 4 is 0 Å². The van der Waals surface area contributed by atoms with Crippen LogP contribution in [0, 0.1) is 0 Å². The molecule has 2 aliphatic heterocycles. The van der Waals surface area contributed by atoms with Gasteiger partial charge in [0.2, 0.25) is 0 Å². The molecule has 0 aromatic rings. The molecule has 6 nitrogen and oxygen atoms in total. The molecule has 0 bridgehead atoms. The van der Waals surface area contributed by atoms with Gasteiger partial charge in [-0.1, -0.05) is 6.08 Å². The fourth-order valence-electron chi connectivity index (χ4n) is 3.56. The molecule has 4 atom stereocenters. The molecular weight excluding hydrogens is 308 g/mol. The maximum absolute atomic E-state index is 11.1. The SMILES string of the molecule is C/C(=C/CCC(O)(C(C)O)N1CCOC(C)C1)N1CCOC(C)C1. The number of rotatable bonds is 6. The van der Waals surface area contributed by atoms with Crippen molar-refractivity contribution < 1.29 is 19.7 Å². The maximum Gasteiger partial charge on any atom is 0.144 e. The van der Waals surface area contributed by atoms with Gasteiger partial charge in [0.25, 0.3) is 0 Å². The predicted octanol–water partition coefficient (Wildman–Crippen LogP) is 1.18. The second kappa shape index (κ2) is 8.63. The second-order valence-corrected chi connectivity index (χ2v) is 7.19. The first-order valence-corrected chi connectivity index (χ1v) is 9.13. The summed E-state index contributed by atoms with van der Waals surface area (Å²) < 4.78 is 11.1. The van der Waals surface area contributed by atoms with Gasteiger partial charge < -0.3 is 24.6 Å². The van der Waals surface area contributed by atoms with Crippen LogP contribution in [0.15, 0.2) is 11.8 Å². The molecule has 2 N–H and O–H groups in total. The van der Waals surface area contributed by atoms with Crippen molar-refractivity contribution in [1.29, 1.82) is 0 Å². The molecule has 0 radical (unpaired) electrons. The molecule has 4 unspecified atom stereocenters. The lowest BCUT2D eigenvalue weighted by molar-refractivity contribution is -0.205. The van der Waals surface area contributed by atoms with Crippen LogP contribution in [0.2, 0.25) is 0 Å². The molecule has 140 valence electrons. The molecule has 0 saturated carbocycles. The monoisotopic (exact) mass is 342 g/mol. The van der Waals surface area contributed by atoms with E-state index < -0.39 is 11.8 Å². The van der Waals surface area contributed by atoms with Crippen LogP contribution in [0.1, 0.15) is 40.5 Å². The number of hydrogen-bond donors (Lipinski definition) is 2. The number of aliphatic hydroxyl groups excluding tert-OH is 1. The first kappa shape index (κ1) is 19.7. The van der Waals surface area contributed by atoms with Crippen LogP contribution < -0.4 is 0 Å². The number of ether oxygens (including phenoxy) is 2. The molecule has 0 aromatic carbocycles. The van der Waals surface area contributed by atoms with Gasteiger partial charge in [0.15, 0.2) is 0 Å².